The Morgan fingerprint density at radius 3 is 2.30 bits per heavy atom. The third kappa shape index (κ3) is 13.9. The van der Waals surface area contributed by atoms with E-state index in [0.717, 1.165) is 23.7 Å². The molecule has 0 saturated carbocycles. The minimum absolute atomic E-state index is 0.135. The lowest BCUT2D eigenvalue weighted by Gasteiger charge is -2.27. The van der Waals surface area contributed by atoms with Crippen molar-refractivity contribution in [2.45, 2.75) is 84.5 Å². The monoisotopic (exact) mass is 535 g/mol. The number of hydrogen-bond acceptors (Lipinski definition) is 6. The molecule has 2 aliphatic rings. The number of aliphatic hydroxyl groups excluding tert-OH is 1. The molecule has 0 bridgehead atoms. The van der Waals surface area contributed by atoms with Crippen molar-refractivity contribution in [2.24, 2.45) is 11.8 Å². The van der Waals surface area contributed by atoms with Crippen LogP contribution >= 0.6 is 0 Å². The fourth-order valence-corrected chi connectivity index (χ4v) is 3.45. The lowest BCUT2D eigenvalue weighted by molar-refractivity contribution is -0.174. The molecule has 2 heterocycles. The van der Waals surface area contributed by atoms with Gasteiger partial charge in [0.15, 0.2) is 0 Å². The molecule has 2 fully saturated rings. The van der Waals surface area contributed by atoms with Gasteiger partial charge in [0.25, 0.3) is 0 Å². The number of halogens is 3. The van der Waals surface area contributed by atoms with Gasteiger partial charge in [0.2, 0.25) is 17.7 Å². The Morgan fingerprint density at radius 1 is 1.22 bits per heavy atom. The zero-order valence-corrected chi connectivity index (χ0v) is 22.0. The molecule has 0 aromatic carbocycles. The standard InChI is InChI=1S/C17H22F3N5O4.C4H10.C3H8O/c18-17(19,20)16(29)23-9-13(26)25-6-2-4-12(25)15(28)24-11(8-21)7-10-3-1-5-22-14(10)27;1-4(2)3;1-2-3-4/h10-12H,1-7,9H2,(H,22,27)(H,23,29)(H,24,28);4H,1-3H3;4H,2-3H2,1H3. The highest BCUT2D eigenvalue weighted by molar-refractivity contribution is 5.91. The number of alkyl halides is 3. The normalized spacial score (nSPS) is 19.8. The van der Waals surface area contributed by atoms with Gasteiger partial charge < -0.3 is 26.0 Å². The van der Waals surface area contributed by atoms with Crippen LogP contribution in [0.25, 0.3) is 0 Å². The molecule has 4 amide bonds. The smallest absolute Gasteiger partial charge is 0.396 e. The van der Waals surface area contributed by atoms with Crippen LogP contribution in [0.1, 0.15) is 66.2 Å². The Balaban J connectivity index is 0.00000142. The van der Waals surface area contributed by atoms with Crippen LogP contribution in [-0.4, -0.2) is 78.1 Å². The van der Waals surface area contributed by atoms with E-state index in [4.69, 9.17) is 5.11 Å². The van der Waals surface area contributed by atoms with E-state index in [2.05, 4.69) is 31.4 Å². The molecule has 0 aromatic heterocycles. The van der Waals surface area contributed by atoms with Crippen molar-refractivity contribution in [1.82, 2.24) is 20.9 Å². The van der Waals surface area contributed by atoms with Gasteiger partial charge in [-0.15, -0.1) is 0 Å². The fraction of sp³-hybridized carbons (Fsp3) is 0.792. The summed E-state index contributed by atoms with van der Waals surface area (Å²) in [6.07, 6.45) is -1.97. The SMILES string of the molecule is CC(C)C.CCCO.N#CC(CC1CCCNC1=O)NC(=O)C1CCCN1C(=O)CNC(=O)C(F)(F)F. The van der Waals surface area contributed by atoms with E-state index in [9.17, 15) is 37.6 Å². The van der Waals surface area contributed by atoms with Crippen LogP contribution in [0.15, 0.2) is 0 Å². The fourth-order valence-electron chi connectivity index (χ4n) is 3.45. The molecule has 0 spiro atoms. The summed E-state index contributed by atoms with van der Waals surface area (Å²) >= 11 is 0. The second-order valence-electron chi connectivity index (χ2n) is 9.44. The minimum Gasteiger partial charge on any atom is -0.396 e. The average molecular weight is 536 g/mol. The Kier molecular flexibility index (Phi) is 16.2. The molecular formula is C24H40F3N5O5. The molecule has 10 nitrogen and oxygen atoms in total. The zero-order chi connectivity index (χ0) is 28.6. The summed E-state index contributed by atoms with van der Waals surface area (Å²) in [6.45, 7) is 8.59. The summed E-state index contributed by atoms with van der Waals surface area (Å²) in [5, 5.41) is 23.9. The minimum atomic E-state index is -5.10. The van der Waals surface area contributed by atoms with E-state index in [0.29, 0.717) is 26.0 Å². The first kappa shape index (κ1) is 34.1. The summed E-state index contributed by atoms with van der Waals surface area (Å²) in [5.74, 6) is -3.40. The van der Waals surface area contributed by atoms with Crippen molar-refractivity contribution in [1.29, 1.82) is 5.26 Å². The molecule has 4 N–H and O–H groups in total. The van der Waals surface area contributed by atoms with E-state index < -0.39 is 48.4 Å². The van der Waals surface area contributed by atoms with E-state index in [1.807, 2.05) is 13.0 Å². The third-order valence-electron chi connectivity index (χ3n) is 5.15. The van der Waals surface area contributed by atoms with Crippen molar-refractivity contribution < 1.29 is 37.5 Å². The predicted octanol–water partition coefficient (Wildman–Crippen LogP) is 1.63. The van der Waals surface area contributed by atoms with Gasteiger partial charge in [0.1, 0.15) is 12.1 Å². The number of aliphatic hydroxyl groups is 1. The average Bonchev–Trinajstić information content (AvgIpc) is 3.32. The Labute approximate surface area is 216 Å². The summed E-state index contributed by atoms with van der Waals surface area (Å²) < 4.78 is 36.7. The van der Waals surface area contributed by atoms with Crippen LogP contribution in [0.5, 0.6) is 0 Å². The first-order valence-electron chi connectivity index (χ1n) is 12.5. The van der Waals surface area contributed by atoms with E-state index in [1.54, 1.807) is 0 Å². The Morgan fingerprint density at radius 2 is 1.81 bits per heavy atom. The van der Waals surface area contributed by atoms with Crippen LogP contribution < -0.4 is 16.0 Å². The van der Waals surface area contributed by atoms with Crippen molar-refractivity contribution in [3.8, 4) is 6.07 Å². The molecule has 37 heavy (non-hydrogen) atoms. The van der Waals surface area contributed by atoms with Gasteiger partial charge in [-0.05, 0) is 44.4 Å². The number of nitrogens with zero attached hydrogens (tertiary/aromatic N) is 2. The molecule has 0 radical (unpaired) electrons. The molecule has 2 rings (SSSR count). The number of hydrogen-bond donors (Lipinski definition) is 4. The van der Waals surface area contributed by atoms with Crippen LogP contribution in [0.3, 0.4) is 0 Å². The molecule has 0 aliphatic carbocycles. The number of amides is 4. The van der Waals surface area contributed by atoms with Gasteiger partial charge in [-0.3, -0.25) is 19.2 Å². The van der Waals surface area contributed by atoms with E-state index >= 15 is 0 Å². The molecule has 2 saturated heterocycles. The number of carbonyl (C=O) groups excluding carboxylic acids is 4. The molecule has 3 unspecified atom stereocenters. The highest BCUT2D eigenvalue weighted by atomic mass is 19.4. The largest absolute Gasteiger partial charge is 0.471 e. The Hall–Kier alpha value is -2.88. The van der Waals surface area contributed by atoms with Crippen LogP contribution in [0.2, 0.25) is 0 Å². The first-order valence-corrected chi connectivity index (χ1v) is 12.5. The number of nitrogens with one attached hydrogen (secondary N) is 3. The van der Waals surface area contributed by atoms with Crippen LogP contribution in [0, 0.1) is 23.2 Å². The van der Waals surface area contributed by atoms with Crippen molar-refractivity contribution >= 4 is 23.6 Å². The van der Waals surface area contributed by atoms with E-state index in [1.165, 1.54) is 5.32 Å². The van der Waals surface area contributed by atoms with Gasteiger partial charge >= 0.3 is 12.1 Å². The highest BCUT2D eigenvalue weighted by Crippen LogP contribution is 2.20. The maximum atomic E-state index is 12.5. The molecule has 3 atom stereocenters. The Bertz CT molecular complexity index is 781. The number of likely N-dealkylation sites (tertiary alicyclic amines) is 1. The third-order valence-corrected chi connectivity index (χ3v) is 5.15. The lowest BCUT2D eigenvalue weighted by atomic mass is 9.92. The molecule has 0 aromatic rings. The van der Waals surface area contributed by atoms with Crippen LogP contribution in [-0.2, 0) is 19.2 Å². The number of rotatable bonds is 7. The summed E-state index contributed by atoms with van der Waals surface area (Å²) in [5.41, 5.74) is 0. The van der Waals surface area contributed by atoms with E-state index in [-0.39, 0.29) is 25.3 Å². The topological polar surface area (TPSA) is 152 Å². The lowest BCUT2D eigenvalue weighted by Crippen LogP contribution is -2.52. The first-order chi connectivity index (χ1) is 17.3. The molecule has 212 valence electrons. The van der Waals surface area contributed by atoms with Crippen molar-refractivity contribution in [2.75, 3.05) is 26.2 Å². The molecular weight excluding hydrogens is 495 g/mol. The number of nitriles is 1. The quantitative estimate of drug-likeness (QED) is 0.389. The summed E-state index contributed by atoms with van der Waals surface area (Å²) in [7, 11) is 0. The maximum absolute atomic E-state index is 12.5. The summed E-state index contributed by atoms with van der Waals surface area (Å²) in [6, 6.07) is 0.0528. The molecule has 13 heteroatoms. The predicted molar refractivity (Wildman–Crippen MR) is 130 cm³/mol. The van der Waals surface area contributed by atoms with Gasteiger partial charge in [0, 0.05) is 25.6 Å². The number of carbonyl (C=O) groups is 4. The second kappa shape index (κ2) is 17.6. The maximum Gasteiger partial charge on any atom is 0.471 e. The van der Waals surface area contributed by atoms with Gasteiger partial charge in [-0.1, -0.05) is 27.7 Å². The molecule has 2 aliphatic heterocycles. The summed E-state index contributed by atoms with van der Waals surface area (Å²) in [4.78, 5) is 48.4. The van der Waals surface area contributed by atoms with Gasteiger partial charge in [-0.25, -0.2) is 0 Å². The van der Waals surface area contributed by atoms with Crippen molar-refractivity contribution in [3.63, 3.8) is 0 Å². The highest BCUT2D eigenvalue weighted by Gasteiger charge is 2.40. The van der Waals surface area contributed by atoms with Crippen molar-refractivity contribution in [3.05, 3.63) is 0 Å². The van der Waals surface area contributed by atoms with Gasteiger partial charge in [-0.2, -0.15) is 18.4 Å². The zero-order valence-electron chi connectivity index (χ0n) is 22.0. The van der Waals surface area contributed by atoms with Gasteiger partial charge in [0.05, 0.1) is 12.6 Å². The number of piperidine rings is 1. The van der Waals surface area contributed by atoms with Crippen LogP contribution in [0.4, 0.5) is 13.2 Å². The second-order valence-corrected chi connectivity index (χ2v) is 9.44.